The summed E-state index contributed by atoms with van der Waals surface area (Å²) in [5, 5.41) is 4.01. The zero-order valence-electron chi connectivity index (χ0n) is 17.4. The molecule has 2 aromatic carbocycles. The zero-order valence-corrected chi connectivity index (χ0v) is 17.4. The SMILES string of the molecule is O=C(CN1CCN(C(=O)/C=C/c2cccc3cccnc23)CC1)NCc1ccccc1. The number of rotatable bonds is 6. The Hall–Kier alpha value is -3.51. The third kappa shape index (κ3) is 5.55. The van der Waals surface area contributed by atoms with E-state index < -0.39 is 0 Å². The molecule has 6 nitrogen and oxygen atoms in total. The minimum absolute atomic E-state index is 0.00646. The third-order valence-corrected chi connectivity index (χ3v) is 5.45. The van der Waals surface area contributed by atoms with Gasteiger partial charge >= 0.3 is 0 Å². The molecule has 1 aliphatic rings. The Bertz CT molecular complexity index is 1070. The van der Waals surface area contributed by atoms with Crippen LogP contribution in [0.25, 0.3) is 17.0 Å². The van der Waals surface area contributed by atoms with Crippen molar-refractivity contribution in [2.24, 2.45) is 0 Å². The van der Waals surface area contributed by atoms with Crippen LogP contribution in [0.5, 0.6) is 0 Å². The fourth-order valence-corrected chi connectivity index (χ4v) is 3.71. The highest BCUT2D eigenvalue weighted by atomic mass is 16.2. The highest BCUT2D eigenvalue weighted by Crippen LogP contribution is 2.17. The van der Waals surface area contributed by atoms with Gasteiger partial charge in [0.15, 0.2) is 0 Å². The van der Waals surface area contributed by atoms with Gasteiger partial charge in [-0.2, -0.15) is 0 Å². The molecule has 1 saturated heterocycles. The summed E-state index contributed by atoms with van der Waals surface area (Å²) in [5.41, 5.74) is 2.90. The van der Waals surface area contributed by atoms with Gasteiger partial charge in [-0.05, 0) is 17.7 Å². The van der Waals surface area contributed by atoms with E-state index in [1.54, 1.807) is 12.3 Å². The van der Waals surface area contributed by atoms with Gasteiger partial charge in [-0.25, -0.2) is 0 Å². The van der Waals surface area contributed by atoms with Gasteiger partial charge in [0.05, 0.1) is 12.1 Å². The zero-order chi connectivity index (χ0) is 21.5. The number of piperazine rings is 1. The maximum absolute atomic E-state index is 12.6. The van der Waals surface area contributed by atoms with Gasteiger partial charge in [-0.15, -0.1) is 0 Å². The minimum atomic E-state index is -0.0129. The number of pyridine rings is 1. The van der Waals surface area contributed by atoms with Crippen LogP contribution < -0.4 is 5.32 Å². The van der Waals surface area contributed by atoms with E-state index in [2.05, 4.69) is 15.2 Å². The van der Waals surface area contributed by atoms with Crippen LogP contribution in [0.3, 0.4) is 0 Å². The molecule has 31 heavy (non-hydrogen) atoms. The highest BCUT2D eigenvalue weighted by Gasteiger charge is 2.21. The normalized spacial score (nSPS) is 14.8. The Balaban J connectivity index is 1.25. The van der Waals surface area contributed by atoms with Crippen LogP contribution in [0.1, 0.15) is 11.1 Å². The number of amides is 2. The molecule has 0 aliphatic carbocycles. The van der Waals surface area contributed by atoms with Crippen molar-refractivity contribution in [1.82, 2.24) is 20.1 Å². The fraction of sp³-hybridized carbons (Fsp3) is 0.240. The predicted molar refractivity (Wildman–Crippen MR) is 122 cm³/mol. The van der Waals surface area contributed by atoms with Crippen LogP contribution in [-0.2, 0) is 16.1 Å². The second kappa shape index (κ2) is 10.00. The molecule has 1 aliphatic heterocycles. The summed E-state index contributed by atoms with van der Waals surface area (Å²) in [5.74, 6) is -0.00639. The summed E-state index contributed by atoms with van der Waals surface area (Å²) in [4.78, 5) is 33.2. The van der Waals surface area contributed by atoms with Gasteiger partial charge in [-0.3, -0.25) is 19.5 Å². The van der Waals surface area contributed by atoms with Crippen molar-refractivity contribution in [1.29, 1.82) is 0 Å². The largest absolute Gasteiger partial charge is 0.351 e. The van der Waals surface area contributed by atoms with Crippen molar-refractivity contribution in [3.63, 3.8) is 0 Å². The first kappa shape index (κ1) is 20.8. The van der Waals surface area contributed by atoms with E-state index in [-0.39, 0.29) is 11.8 Å². The van der Waals surface area contributed by atoms with Gasteiger partial charge in [0.1, 0.15) is 0 Å². The molecule has 158 valence electrons. The number of hydrogen-bond acceptors (Lipinski definition) is 4. The summed E-state index contributed by atoms with van der Waals surface area (Å²) in [6.07, 6.45) is 5.21. The van der Waals surface area contributed by atoms with E-state index in [0.717, 1.165) is 22.0 Å². The van der Waals surface area contributed by atoms with Crippen LogP contribution in [0, 0.1) is 0 Å². The van der Waals surface area contributed by atoms with Crippen LogP contribution in [0.4, 0.5) is 0 Å². The van der Waals surface area contributed by atoms with Crippen molar-refractivity contribution in [2.45, 2.75) is 6.54 Å². The van der Waals surface area contributed by atoms with Gasteiger partial charge in [0, 0.05) is 55.9 Å². The molecule has 1 fully saturated rings. The lowest BCUT2D eigenvalue weighted by atomic mass is 10.1. The second-order valence-electron chi connectivity index (χ2n) is 7.62. The molecule has 2 heterocycles. The Morgan fingerprint density at radius 2 is 1.71 bits per heavy atom. The average molecular weight is 415 g/mol. The molecule has 1 aromatic heterocycles. The Morgan fingerprint density at radius 3 is 2.52 bits per heavy atom. The van der Waals surface area contributed by atoms with Crippen molar-refractivity contribution >= 4 is 28.8 Å². The molecule has 0 radical (unpaired) electrons. The van der Waals surface area contributed by atoms with E-state index in [0.29, 0.717) is 39.3 Å². The van der Waals surface area contributed by atoms with Gasteiger partial charge < -0.3 is 10.2 Å². The van der Waals surface area contributed by atoms with Crippen molar-refractivity contribution < 1.29 is 9.59 Å². The topological polar surface area (TPSA) is 65.5 Å². The summed E-state index contributed by atoms with van der Waals surface area (Å²) in [6, 6.07) is 19.7. The lowest BCUT2D eigenvalue weighted by molar-refractivity contribution is -0.128. The Labute approximate surface area is 182 Å². The van der Waals surface area contributed by atoms with E-state index >= 15 is 0 Å². The molecular weight excluding hydrogens is 388 g/mol. The molecule has 0 unspecified atom stereocenters. The molecule has 2 amide bonds. The molecule has 6 heteroatoms. The third-order valence-electron chi connectivity index (χ3n) is 5.45. The summed E-state index contributed by atoms with van der Waals surface area (Å²) in [6.45, 7) is 3.49. The molecule has 0 bridgehead atoms. The van der Waals surface area contributed by atoms with E-state index in [1.165, 1.54) is 0 Å². The number of fused-ring (bicyclic) bond motifs is 1. The standard InChI is InChI=1S/C25H26N4O2/c30-23(27-18-20-6-2-1-3-7-20)19-28-14-16-29(17-15-28)24(31)12-11-22-9-4-8-21-10-5-13-26-25(21)22/h1-13H,14-19H2,(H,27,30)/b12-11+. The molecular formula is C25H26N4O2. The minimum Gasteiger partial charge on any atom is -0.351 e. The maximum atomic E-state index is 12.6. The first-order valence-electron chi connectivity index (χ1n) is 10.5. The molecule has 4 rings (SSSR count). The monoisotopic (exact) mass is 414 g/mol. The second-order valence-corrected chi connectivity index (χ2v) is 7.62. The quantitative estimate of drug-likeness (QED) is 0.630. The lowest BCUT2D eigenvalue weighted by Gasteiger charge is -2.33. The van der Waals surface area contributed by atoms with E-state index in [9.17, 15) is 9.59 Å². The molecule has 0 saturated carbocycles. The Morgan fingerprint density at radius 1 is 0.935 bits per heavy atom. The number of aromatic nitrogens is 1. The number of benzene rings is 2. The summed E-state index contributed by atoms with van der Waals surface area (Å²) in [7, 11) is 0. The van der Waals surface area contributed by atoms with E-state index in [4.69, 9.17) is 0 Å². The van der Waals surface area contributed by atoms with E-state index in [1.807, 2.05) is 71.6 Å². The molecule has 0 atom stereocenters. The van der Waals surface area contributed by atoms with Gasteiger partial charge in [-0.1, -0.05) is 54.6 Å². The van der Waals surface area contributed by atoms with Crippen LogP contribution in [0.2, 0.25) is 0 Å². The molecule has 0 spiro atoms. The number of hydrogen-bond donors (Lipinski definition) is 1. The summed E-state index contributed by atoms with van der Waals surface area (Å²) >= 11 is 0. The van der Waals surface area contributed by atoms with Crippen molar-refractivity contribution in [2.75, 3.05) is 32.7 Å². The lowest BCUT2D eigenvalue weighted by Crippen LogP contribution is -2.50. The fourth-order valence-electron chi connectivity index (χ4n) is 3.71. The smallest absolute Gasteiger partial charge is 0.246 e. The predicted octanol–water partition coefficient (Wildman–Crippen LogP) is 2.71. The first-order chi connectivity index (χ1) is 15.2. The van der Waals surface area contributed by atoms with Gasteiger partial charge in [0.2, 0.25) is 11.8 Å². The van der Waals surface area contributed by atoms with Crippen LogP contribution in [-0.4, -0.2) is 59.3 Å². The number of para-hydroxylation sites is 1. The van der Waals surface area contributed by atoms with Gasteiger partial charge in [0.25, 0.3) is 0 Å². The van der Waals surface area contributed by atoms with Crippen LogP contribution in [0.15, 0.2) is 72.9 Å². The van der Waals surface area contributed by atoms with Crippen LogP contribution >= 0.6 is 0 Å². The number of carbonyl (C=O) groups is 2. The molecule has 3 aromatic rings. The number of carbonyl (C=O) groups excluding carboxylic acids is 2. The molecule has 1 N–H and O–H groups in total. The van der Waals surface area contributed by atoms with Crippen molar-refractivity contribution in [3.05, 3.63) is 84.1 Å². The average Bonchev–Trinajstić information content (AvgIpc) is 2.82. The maximum Gasteiger partial charge on any atom is 0.246 e. The first-order valence-corrected chi connectivity index (χ1v) is 10.5. The highest BCUT2D eigenvalue weighted by molar-refractivity contribution is 5.95. The van der Waals surface area contributed by atoms with Crippen molar-refractivity contribution in [3.8, 4) is 0 Å². The number of nitrogens with one attached hydrogen (secondary N) is 1. The Kier molecular flexibility index (Phi) is 6.69. The number of nitrogens with zero attached hydrogens (tertiary/aromatic N) is 3. The summed E-state index contributed by atoms with van der Waals surface area (Å²) < 4.78 is 0.